The summed E-state index contributed by atoms with van der Waals surface area (Å²) >= 11 is 0. The quantitative estimate of drug-likeness (QED) is 0.673. The molecule has 0 saturated carbocycles. The van der Waals surface area contributed by atoms with E-state index in [1.165, 1.54) is 6.92 Å². The average molecular weight is 336 g/mol. The van der Waals surface area contributed by atoms with E-state index in [0.717, 1.165) is 11.4 Å². The standard InChI is InChI=1S/C20H20N2O3/c1-15(23)17-8-5-9-19(12-17)25-14-18(24)13-22-11-10-21-20(22)16-6-3-2-4-7-16/h2-12,18,24H,13-14H2,1H3/t18-/m0/s1. The van der Waals surface area contributed by atoms with Gasteiger partial charge < -0.3 is 14.4 Å². The highest BCUT2D eigenvalue weighted by atomic mass is 16.5. The van der Waals surface area contributed by atoms with Gasteiger partial charge in [0.2, 0.25) is 0 Å². The van der Waals surface area contributed by atoms with Gasteiger partial charge in [-0.1, -0.05) is 42.5 Å². The Bertz CT molecular complexity index is 843. The van der Waals surface area contributed by atoms with Crippen molar-refractivity contribution in [2.75, 3.05) is 6.61 Å². The molecule has 3 rings (SSSR count). The maximum atomic E-state index is 11.4. The van der Waals surface area contributed by atoms with Crippen LogP contribution in [0.1, 0.15) is 17.3 Å². The molecule has 0 aliphatic rings. The fourth-order valence-corrected chi connectivity index (χ4v) is 2.58. The molecule has 2 aromatic carbocycles. The third-order valence-electron chi connectivity index (χ3n) is 3.84. The first-order valence-corrected chi connectivity index (χ1v) is 8.12. The van der Waals surface area contributed by atoms with Crippen LogP contribution in [0.5, 0.6) is 5.75 Å². The first-order valence-electron chi connectivity index (χ1n) is 8.12. The van der Waals surface area contributed by atoms with Crippen LogP contribution in [0.4, 0.5) is 0 Å². The molecule has 1 aromatic heterocycles. The number of rotatable bonds is 7. The minimum absolute atomic E-state index is 0.0167. The summed E-state index contributed by atoms with van der Waals surface area (Å²) in [5.41, 5.74) is 1.59. The van der Waals surface area contributed by atoms with Gasteiger partial charge in [-0.2, -0.15) is 0 Å². The van der Waals surface area contributed by atoms with Crippen LogP contribution < -0.4 is 4.74 Å². The van der Waals surface area contributed by atoms with Gasteiger partial charge in [0, 0.05) is 23.5 Å². The fraction of sp³-hybridized carbons (Fsp3) is 0.200. The smallest absolute Gasteiger partial charge is 0.159 e. The molecule has 0 saturated heterocycles. The molecule has 1 heterocycles. The van der Waals surface area contributed by atoms with Crippen molar-refractivity contribution in [1.29, 1.82) is 0 Å². The van der Waals surface area contributed by atoms with E-state index in [-0.39, 0.29) is 12.4 Å². The second kappa shape index (κ2) is 7.77. The van der Waals surface area contributed by atoms with Crippen LogP contribution in [0.25, 0.3) is 11.4 Å². The number of ether oxygens (including phenoxy) is 1. The van der Waals surface area contributed by atoms with Crippen molar-refractivity contribution in [3.05, 3.63) is 72.6 Å². The van der Waals surface area contributed by atoms with E-state index < -0.39 is 6.10 Å². The highest BCUT2D eigenvalue weighted by Gasteiger charge is 2.11. The lowest BCUT2D eigenvalue weighted by molar-refractivity contribution is 0.0927. The molecular weight excluding hydrogens is 316 g/mol. The number of aliphatic hydroxyl groups excluding tert-OH is 1. The minimum Gasteiger partial charge on any atom is -0.491 e. The molecule has 0 amide bonds. The SMILES string of the molecule is CC(=O)c1cccc(OC[C@@H](O)Cn2ccnc2-c2ccccc2)c1. The van der Waals surface area contributed by atoms with Crippen LogP contribution in [0.15, 0.2) is 67.0 Å². The van der Waals surface area contributed by atoms with Crippen LogP contribution in [0.3, 0.4) is 0 Å². The molecular formula is C20H20N2O3. The topological polar surface area (TPSA) is 64.3 Å². The van der Waals surface area contributed by atoms with Crippen molar-refractivity contribution in [3.63, 3.8) is 0 Å². The highest BCUT2D eigenvalue weighted by molar-refractivity contribution is 5.94. The van der Waals surface area contributed by atoms with Gasteiger partial charge in [-0.15, -0.1) is 0 Å². The minimum atomic E-state index is -0.697. The Kier molecular flexibility index (Phi) is 5.26. The normalized spacial score (nSPS) is 11.9. The molecule has 0 bridgehead atoms. The van der Waals surface area contributed by atoms with Gasteiger partial charge in [-0.3, -0.25) is 4.79 Å². The Labute approximate surface area is 146 Å². The molecule has 25 heavy (non-hydrogen) atoms. The molecule has 0 aliphatic carbocycles. The number of Topliss-reactive ketones (excluding diaryl/α,β-unsaturated/α-hetero) is 1. The molecule has 0 aliphatic heterocycles. The second-order valence-electron chi connectivity index (χ2n) is 5.82. The first-order chi connectivity index (χ1) is 12.1. The number of benzene rings is 2. The number of carbonyl (C=O) groups is 1. The number of hydrogen-bond acceptors (Lipinski definition) is 4. The van der Waals surface area contributed by atoms with E-state index in [9.17, 15) is 9.90 Å². The van der Waals surface area contributed by atoms with Crippen molar-refractivity contribution in [3.8, 4) is 17.1 Å². The Balaban J connectivity index is 1.62. The summed E-state index contributed by atoms with van der Waals surface area (Å²) in [6.45, 7) is 2.02. The molecule has 5 nitrogen and oxygen atoms in total. The zero-order valence-corrected chi connectivity index (χ0v) is 14.0. The van der Waals surface area contributed by atoms with Gasteiger partial charge in [0.25, 0.3) is 0 Å². The second-order valence-corrected chi connectivity index (χ2v) is 5.82. The van der Waals surface area contributed by atoms with Gasteiger partial charge in [0.1, 0.15) is 24.3 Å². The number of nitrogens with zero attached hydrogens (tertiary/aromatic N) is 2. The van der Waals surface area contributed by atoms with Crippen LogP contribution >= 0.6 is 0 Å². The molecule has 5 heteroatoms. The summed E-state index contributed by atoms with van der Waals surface area (Å²) in [6.07, 6.45) is 2.85. The number of imidazole rings is 1. The number of hydrogen-bond donors (Lipinski definition) is 1. The molecule has 128 valence electrons. The monoisotopic (exact) mass is 336 g/mol. The lowest BCUT2D eigenvalue weighted by Gasteiger charge is -2.15. The van der Waals surface area contributed by atoms with Crippen LogP contribution in [0, 0.1) is 0 Å². The van der Waals surface area contributed by atoms with Gasteiger partial charge in [0.15, 0.2) is 5.78 Å². The van der Waals surface area contributed by atoms with Crippen molar-refractivity contribution in [2.24, 2.45) is 0 Å². The molecule has 3 aromatic rings. The Morgan fingerprint density at radius 2 is 2.00 bits per heavy atom. The van der Waals surface area contributed by atoms with Crippen molar-refractivity contribution in [1.82, 2.24) is 9.55 Å². The van der Waals surface area contributed by atoms with Gasteiger partial charge >= 0.3 is 0 Å². The number of aromatic nitrogens is 2. The number of ketones is 1. The zero-order valence-electron chi connectivity index (χ0n) is 14.0. The van der Waals surface area contributed by atoms with Crippen molar-refractivity contribution >= 4 is 5.78 Å². The van der Waals surface area contributed by atoms with Crippen molar-refractivity contribution < 1.29 is 14.6 Å². The van der Waals surface area contributed by atoms with Crippen LogP contribution in [0.2, 0.25) is 0 Å². The zero-order chi connectivity index (χ0) is 17.6. The third kappa shape index (κ3) is 4.33. The highest BCUT2D eigenvalue weighted by Crippen LogP contribution is 2.18. The molecule has 0 fully saturated rings. The van der Waals surface area contributed by atoms with Gasteiger partial charge in [-0.05, 0) is 19.1 Å². The number of aliphatic hydroxyl groups is 1. The van der Waals surface area contributed by atoms with E-state index in [1.54, 1.807) is 30.5 Å². The van der Waals surface area contributed by atoms with E-state index in [4.69, 9.17) is 4.74 Å². The summed E-state index contributed by atoms with van der Waals surface area (Å²) in [4.78, 5) is 15.8. The summed E-state index contributed by atoms with van der Waals surface area (Å²) in [6, 6.07) is 16.8. The first kappa shape index (κ1) is 16.9. The van der Waals surface area contributed by atoms with Crippen molar-refractivity contribution in [2.45, 2.75) is 19.6 Å². The Morgan fingerprint density at radius 1 is 1.20 bits per heavy atom. The maximum absolute atomic E-state index is 11.4. The maximum Gasteiger partial charge on any atom is 0.159 e. The van der Waals surface area contributed by atoms with Crippen LogP contribution in [-0.4, -0.2) is 33.2 Å². The van der Waals surface area contributed by atoms with E-state index >= 15 is 0 Å². The fourth-order valence-electron chi connectivity index (χ4n) is 2.58. The van der Waals surface area contributed by atoms with E-state index in [1.807, 2.05) is 41.1 Å². The predicted octanol–water partition coefficient (Wildman–Crippen LogP) is 3.19. The van der Waals surface area contributed by atoms with E-state index in [0.29, 0.717) is 17.9 Å². The summed E-state index contributed by atoms with van der Waals surface area (Å²) in [5.74, 6) is 1.36. The van der Waals surface area contributed by atoms with Gasteiger partial charge in [-0.25, -0.2) is 4.98 Å². The number of carbonyl (C=O) groups excluding carboxylic acids is 1. The summed E-state index contributed by atoms with van der Waals surface area (Å²) in [5, 5.41) is 10.3. The van der Waals surface area contributed by atoms with E-state index in [2.05, 4.69) is 4.98 Å². The molecule has 0 spiro atoms. The molecule has 0 unspecified atom stereocenters. The van der Waals surface area contributed by atoms with Gasteiger partial charge in [0.05, 0.1) is 6.54 Å². The molecule has 1 atom stereocenters. The summed E-state index contributed by atoms with van der Waals surface area (Å²) in [7, 11) is 0. The Hall–Kier alpha value is -2.92. The molecule has 1 N–H and O–H groups in total. The third-order valence-corrected chi connectivity index (χ3v) is 3.84. The average Bonchev–Trinajstić information content (AvgIpc) is 3.09. The lowest BCUT2D eigenvalue weighted by Crippen LogP contribution is -2.23. The Morgan fingerprint density at radius 3 is 2.76 bits per heavy atom. The molecule has 0 radical (unpaired) electrons. The van der Waals surface area contributed by atoms with Crippen LogP contribution in [-0.2, 0) is 6.54 Å². The largest absolute Gasteiger partial charge is 0.491 e. The lowest BCUT2D eigenvalue weighted by atomic mass is 10.1. The summed E-state index contributed by atoms with van der Waals surface area (Å²) < 4.78 is 7.52. The predicted molar refractivity (Wildman–Crippen MR) is 95.6 cm³/mol.